The van der Waals surface area contributed by atoms with E-state index >= 15 is 0 Å². The second kappa shape index (κ2) is 6.29. The second-order valence-corrected chi connectivity index (χ2v) is 6.21. The SMILES string of the molecule is CO[C@@H]1C[C@@H](c2ncn[nH]2)N(C(=O)Cc2c[nH]c3cc(F)ccc23)C1. The lowest BCUT2D eigenvalue weighted by Gasteiger charge is -2.22. The van der Waals surface area contributed by atoms with E-state index in [1.165, 1.54) is 18.5 Å². The highest BCUT2D eigenvalue weighted by Gasteiger charge is 2.37. The van der Waals surface area contributed by atoms with Crippen LogP contribution < -0.4 is 0 Å². The van der Waals surface area contributed by atoms with Gasteiger partial charge < -0.3 is 14.6 Å². The minimum Gasteiger partial charge on any atom is -0.380 e. The van der Waals surface area contributed by atoms with Gasteiger partial charge >= 0.3 is 0 Å². The molecule has 1 aromatic carbocycles. The van der Waals surface area contributed by atoms with Crippen molar-refractivity contribution < 1.29 is 13.9 Å². The number of hydrogen-bond acceptors (Lipinski definition) is 4. The van der Waals surface area contributed by atoms with Gasteiger partial charge in [-0.25, -0.2) is 9.37 Å². The number of amides is 1. The Morgan fingerprint density at radius 1 is 1.48 bits per heavy atom. The molecule has 7 nitrogen and oxygen atoms in total. The van der Waals surface area contributed by atoms with Crippen LogP contribution in [0, 0.1) is 5.82 Å². The number of aromatic nitrogens is 4. The molecule has 3 aromatic rings. The van der Waals surface area contributed by atoms with E-state index in [1.807, 2.05) is 0 Å². The van der Waals surface area contributed by atoms with Crippen molar-refractivity contribution >= 4 is 16.8 Å². The number of carbonyl (C=O) groups excluding carboxylic acids is 1. The standard InChI is InChI=1S/C17H18FN5O2/c1-25-12-6-15(17-20-9-21-22-17)23(8-12)16(24)4-10-7-19-14-5-11(18)2-3-13(10)14/h2-3,5,7,9,12,15,19H,4,6,8H2,1H3,(H,20,21,22)/t12-,15+/m1/s1. The largest absolute Gasteiger partial charge is 0.380 e. The van der Waals surface area contributed by atoms with Gasteiger partial charge in [-0.15, -0.1) is 0 Å². The Bertz CT molecular complexity index is 892. The number of aromatic amines is 2. The summed E-state index contributed by atoms with van der Waals surface area (Å²) in [5.41, 5.74) is 1.53. The first-order valence-corrected chi connectivity index (χ1v) is 8.08. The Labute approximate surface area is 143 Å². The highest BCUT2D eigenvalue weighted by molar-refractivity contribution is 5.89. The molecule has 2 aromatic heterocycles. The van der Waals surface area contributed by atoms with Gasteiger partial charge in [-0.1, -0.05) is 0 Å². The highest BCUT2D eigenvalue weighted by atomic mass is 19.1. The van der Waals surface area contributed by atoms with Crippen molar-refractivity contribution in [2.75, 3.05) is 13.7 Å². The van der Waals surface area contributed by atoms with Gasteiger partial charge in [0.1, 0.15) is 18.0 Å². The number of nitrogens with one attached hydrogen (secondary N) is 2. The number of likely N-dealkylation sites (tertiary alicyclic amines) is 1. The van der Waals surface area contributed by atoms with Crippen LogP contribution in [-0.2, 0) is 16.0 Å². The Hall–Kier alpha value is -2.74. The topological polar surface area (TPSA) is 86.9 Å². The highest BCUT2D eigenvalue weighted by Crippen LogP contribution is 2.32. The number of hydrogen-bond donors (Lipinski definition) is 2. The van der Waals surface area contributed by atoms with Crippen molar-refractivity contribution in [1.29, 1.82) is 0 Å². The van der Waals surface area contributed by atoms with E-state index in [0.29, 0.717) is 24.3 Å². The molecule has 1 amide bonds. The first-order valence-electron chi connectivity index (χ1n) is 8.08. The molecule has 1 aliphatic heterocycles. The zero-order chi connectivity index (χ0) is 17.4. The first-order chi connectivity index (χ1) is 12.2. The average Bonchev–Trinajstić information content (AvgIpc) is 3.33. The van der Waals surface area contributed by atoms with Crippen LogP contribution in [0.4, 0.5) is 4.39 Å². The molecule has 25 heavy (non-hydrogen) atoms. The summed E-state index contributed by atoms with van der Waals surface area (Å²) in [6.45, 7) is 0.512. The summed E-state index contributed by atoms with van der Waals surface area (Å²) in [5.74, 6) is 0.333. The van der Waals surface area contributed by atoms with Gasteiger partial charge in [0.25, 0.3) is 0 Å². The van der Waals surface area contributed by atoms with Crippen molar-refractivity contribution in [2.45, 2.75) is 25.0 Å². The molecule has 130 valence electrons. The number of rotatable bonds is 4. The number of halogens is 1. The summed E-state index contributed by atoms with van der Waals surface area (Å²) in [6.07, 6.45) is 4.07. The normalized spacial score (nSPS) is 20.5. The van der Waals surface area contributed by atoms with Crippen LogP contribution in [0.25, 0.3) is 10.9 Å². The number of benzene rings is 1. The summed E-state index contributed by atoms with van der Waals surface area (Å²) in [6, 6.07) is 4.35. The van der Waals surface area contributed by atoms with Crippen LogP contribution in [0.2, 0.25) is 0 Å². The average molecular weight is 343 g/mol. The quantitative estimate of drug-likeness (QED) is 0.758. The van der Waals surface area contributed by atoms with Crippen LogP contribution >= 0.6 is 0 Å². The lowest BCUT2D eigenvalue weighted by molar-refractivity contribution is -0.131. The molecule has 4 rings (SSSR count). The van der Waals surface area contributed by atoms with Crippen molar-refractivity contribution in [2.24, 2.45) is 0 Å². The van der Waals surface area contributed by atoms with Crippen molar-refractivity contribution in [3.63, 3.8) is 0 Å². The number of methoxy groups -OCH3 is 1. The van der Waals surface area contributed by atoms with E-state index in [1.54, 1.807) is 24.3 Å². The fourth-order valence-corrected chi connectivity index (χ4v) is 3.45. The van der Waals surface area contributed by atoms with Crippen LogP contribution in [0.3, 0.4) is 0 Å². The molecule has 0 aliphatic carbocycles. The molecule has 0 bridgehead atoms. The molecule has 0 saturated carbocycles. The molecule has 0 radical (unpaired) electrons. The van der Waals surface area contributed by atoms with Gasteiger partial charge in [0.2, 0.25) is 5.91 Å². The van der Waals surface area contributed by atoms with Crippen LogP contribution in [0.15, 0.2) is 30.7 Å². The Balaban J connectivity index is 1.58. The smallest absolute Gasteiger partial charge is 0.227 e. The predicted molar refractivity (Wildman–Crippen MR) is 88.2 cm³/mol. The summed E-state index contributed by atoms with van der Waals surface area (Å²) in [4.78, 5) is 21.9. The van der Waals surface area contributed by atoms with Crippen LogP contribution in [0.1, 0.15) is 23.9 Å². The van der Waals surface area contributed by atoms with E-state index in [0.717, 1.165) is 10.9 Å². The fraction of sp³-hybridized carbons (Fsp3) is 0.353. The number of ether oxygens (including phenoxy) is 1. The molecular formula is C17H18FN5O2. The number of nitrogens with zero attached hydrogens (tertiary/aromatic N) is 3. The monoisotopic (exact) mass is 343 g/mol. The number of carbonyl (C=O) groups is 1. The Morgan fingerprint density at radius 2 is 2.36 bits per heavy atom. The molecule has 1 fully saturated rings. The zero-order valence-corrected chi connectivity index (χ0v) is 13.7. The third-order valence-electron chi connectivity index (χ3n) is 4.74. The molecule has 0 unspecified atom stereocenters. The third-order valence-corrected chi connectivity index (χ3v) is 4.74. The molecule has 1 saturated heterocycles. The van der Waals surface area contributed by atoms with Crippen LogP contribution in [-0.4, -0.2) is 50.7 Å². The minimum absolute atomic E-state index is 0.0221. The first kappa shape index (κ1) is 15.8. The van der Waals surface area contributed by atoms with E-state index < -0.39 is 0 Å². The zero-order valence-electron chi connectivity index (χ0n) is 13.7. The van der Waals surface area contributed by atoms with Gasteiger partial charge in [0.05, 0.1) is 18.6 Å². The van der Waals surface area contributed by atoms with E-state index in [2.05, 4.69) is 20.2 Å². The van der Waals surface area contributed by atoms with Crippen LogP contribution in [0.5, 0.6) is 0 Å². The fourth-order valence-electron chi connectivity index (χ4n) is 3.45. The molecular weight excluding hydrogens is 325 g/mol. The lowest BCUT2D eigenvalue weighted by atomic mass is 10.1. The maximum atomic E-state index is 13.3. The van der Waals surface area contributed by atoms with Gasteiger partial charge in [0, 0.05) is 37.2 Å². The number of H-pyrrole nitrogens is 2. The van der Waals surface area contributed by atoms with Crippen molar-refractivity contribution in [1.82, 2.24) is 25.1 Å². The maximum absolute atomic E-state index is 13.3. The third kappa shape index (κ3) is 2.89. The lowest BCUT2D eigenvalue weighted by Crippen LogP contribution is -2.33. The Kier molecular flexibility index (Phi) is 3.96. The summed E-state index contributed by atoms with van der Waals surface area (Å²) >= 11 is 0. The summed E-state index contributed by atoms with van der Waals surface area (Å²) in [5, 5.41) is 7.58. The van der Waals surface area contributed by atoms with Gasteiger partial charge in [-0.05, 0) is 23.8 Å². The number of fused-ring (bicyclic) bond motifs is 1. The maximum Gasteiger partial charge on any atom is 0.227 e. The van der Waals surface area contributed by atoms with Crippen molar-refractivity contribution in [3.05, 3.63) is 47.9 Å². The molecule has 0 spiro atoms. The Morgan fingerprint density at radius 3 is 3.12 bits per heavy atom. The van der Waals surface area contributed by atoms with Gasteiger partial charge in [0.15, 0.2) is 0 Å². The predicted octanol–water partition coefficient (Wildman–Crippen LogP) is 1.96. The summed E-state index contributed by atoms with van der Waals surface area (Å²) in [7, 11) is 1.64. The second-order valence-electron chi connectivity index (χ2n) is 6.21. The molecule has 1 aliphatic rings. The molecule has 2 atom stereocenters. The minimum atomic E-state index is -0.305. The molecule has 3 heterocycles. The molecule has 2 N–H and O–H groups in total. The van der Waals surface area contributed by atoms with E-state index in [4.69, 9.17) is 4.74 Å². The molecule has 8 heteroatoms. The van der Waals surface area contributed by atoms with Gasteiger partial charge in [-0.3, -0.25) is 9.89 Å². The van der Waals surface area contributed by atoms with Crippen molar-refractivity contribution in [3.8, 4) is 0 Å². The van der Waals surface area contributed by atoms with E-state index in [-0.39, 0.29) is 30.3 Å². The van der Waals surface area contributed by atoms with Gasteiger partial charge in [-0.2, -0.15) is 5.10 Å². The summed E-state index contributed by atoms with van der Waals surface area (Å²) < 4.78 is 18.8. The van der Waals surface area contributed by atoms with E-state index in [9.17, 15) is 9.18 Å².